The van der Waals surface area contributed by atoms with Gasteiger partial charge < -0.3 is 15.5 Å². The van der Waals surface area contributed by atoms with Crippen molar-refractivity contribution < 1.29 is 4.79 Å². The van der Waals surface area contributed by atoms with Gasteiger partial charge in [0.2, 0.25) is 0 Å². The van der Waals surface area contributed by atoms with Crippen molar-refractivity contribution in [3.05, 3.63) is 28.2 Å². The minimum atomic E-state index is -0.0149. The summed E-state index contributed by atoms with van der Waals surface area (Å²) in [5.74, 6) is 0. The number of urea groups is 1. The molecule has 0 aliphatic carbocycles. The van der Waals surface area contributed by atoms with Gasteiger partial charge in [0.1, 0.15) is 0 Å². The molecule has 0 unspecified atom stereocenters. The van der Waals surface area contributed by atoms with Crippen molar-refractivity contribution >= 4 is 27.6 Å². The molecule has 3 heterocycles. The van der Waals surface area contributed by atoms with Gasteiger partial charge in [-0.1, -0.05) is 22.0 Å². The predicted molar refractivity (Wildman–Crippen MR) is 90.4 cm³/mol. The number of anilines is 1. The first kappa shape index (κ1) is 14.3. The molecular weight excluding hydrogens is 344 g/mol. The van der Waals surface area contributed by atoms with Gasteiger partial charge in [0.25, 0.3) is 0 Å². The van der Waals surface area contributed by atoms with Crippen molar-refractivity contribution in [2.45, 2.75) is 18.4 Å². The predicted octanol–water partition coefficient (Wildman–Crippen LogP) is 1.57. The summed E-state index contributed by atoms with van der Waals surface area (Å²) in [5, 5.41) is 5.90. The summed E-state index contributed by atoms with van der Waals surface area (Å²) in [7, 11) is 0. The summed E-state index contributed by atoms with van der Waals surface area (Å²) in [4.78, 5) is 16.2. The van der Waals surface area contributed by atoms with Crippen LogP contribution >= 0.6 is 15.9 Å². The zero-order valence-corrected chi connectivity index (χ0v) is 14.2. The minimum Gasteiger partial charge on any atom is -0.371 e. The molecule has 5 nitrogen and oxygen atoms in total. The highest BCUT2D eigenvalue weighted by Crippen LogP contribution is 2.33. The molecule has 0 atom stereocenters. The topological polar surface area (TPSA) is 47.6 Å². The fraction of sp³-hybridized carbons (Fsp3) is 0.562. The van der Waals surface area contributed by atoms with E-state index in [0.717, 1.165) is 45.7 Å². The van der Waals surface area contributed by atoms with Crippen LogP contribution < -0.4 is 15.5 Å². The van der Waals surface area contributed by atoms with Gasteiger partial charge in [-0.2, -0.15) is 0 Å². The largest absolute Gasteiger partial charge is 0.371 e. The highest BCUT2D eigenvalue weighted by molar-refractivity contribution is 9.10. The molecule has 2 amide bonds. The SMILES string of the molecule is O=C1NCC2(CN(CCCN3CCc4c(Br)cccc43)C2)N1. The van der Waals surface area contributed by atoms with Crippen LogP contribution in [0.5, 0.6) is 0 Å². The number of hydrogen-bond acceptors (Lipinski definition) is 3. The normalized spacial score (nSPS) is 22.4. The summed E-state index contributed by atoms with van der Waals surface area (Å²) in [6.45, 7) is 6.08. The molecule has 4 rings (SSSR count). The van der Waals surface area contributed by atoms with Crippen LogP contribution in [0.25, 0.3) is 0 Å². The molecule has 3 aliphatic rings. The minimum absolute atomic E-state index is 0.0149. The quantitative estimate of drug-likeness (QED) is 0.852. The standard InChI is InChI=1S/C16H21BrN4O/c17-13-3-1-4-14-12(13)5-8-21(14)7-2-6-20-10-16(11-20)9-18-15(22)19-16/h1,3-4H,2,5-11H2,(H2,18,19,22). The van der Waals surface area contributed by atoms with Crippen LogP contribution in [-0.4, -0.2) is 55.7 Å². The molecule has 6 heteroatoms. The van der Waals surface area contributed by atoms with E-state index in [1.165, 1.54) is 22.1 Å². The van der Waals surface area contributed by atoms with E-state index in [1.807, 2.05) is 0 Å². The first-order chi connectivity index (χ1) is 10.7. The Morgan fingerprint density at radius 3 is 2.91 bits per heavy atom. The molecule has 0 radical (unpaired) electrons. The smallest absolute Gasteiger partial charge is 0.315 e. The van der Waals surface area contributed by atoms with E-state index in [1.54, 1.807) is 0 Å². The molecule has 2 saturated heterocycles. The fourth-order valence-corrected chi connectivity index (χ4v) is 4.47. The van der Waals surface area contributed by atoms with Gasteiger partial charge in [0.15, 0.2) is 0 Å². The Kier molecular flexibility index (Phi) is 3.53. The number of fused-ring (bicyclic) bond motifs is 1. The Morgan fingerprint density at radius 2 is 2.14 bits per heavy atom. The van der Waals surface area contributed by atoms with Crippen molar-refractivity contribution in [1.82, 2.24) is 15.5 Å². The second kappa shape index (κ2) is 5.42. The number of likely N-dealkylation sites (tertiary alicyclic amines) is 1. The van der Waals surface area contributed by atoms with Gasteiger partial charge in [0.05, 0.1) is 5.54 Å². The van der Waals surface area contributed by atoms with Gasteiger partial charge in [-0.05, 0) is 30.5 Å². The number of carbonyl (C=O) groups is 1. The third-order valence-electron chi connectivity index (χ3n) is 4.99. The van der Waals surface area contributed by atoms with Crippen LogP contribution in [0.1, 0.15) is 12.0 Å². The van der Waals surface area contributed by atoms with Gasteiger partial charge in [-0.3, -0.25) is 4.90 Å². The fourth-order valence-electron chi connectivity index (χ4n) is 3.91. The van der Waals surface area contributed by atoms with E-state index >= 15 is 0 Å². The van der Waals surface area contributed by atoms with Crippen molar-refractivity contribution in [2.75, 3.05) is 44.2 Å². The third-order valence-corrected chi connectivity index (χ3v) is 5.73. The zero-order valence-electron chi connectivity index (χ0n) is 12.6. The second-order valence-corrected chi connectivity index (χ2v) is 7.48. The van der Waals surface area contributed by atoms with Crippen LogP contribution in [0.2, 0.25) is 0 Å². The summed E-state index contributed by atoms with van der Waals surface area (Å²) >= 11 is 3.65. The number of amides is 2. The number of benzene rings is 1. The number of rotatable bonds is 4. The summed E-state index contributed by atoms with van der Waals surface area (Å²) in [6, 6.07) is 6.46. The van der Waals surface area contributed by atoms with Crippen LogP contribution in [-0.2, 0) is 6.42 Å². The number of carbonyl (C=O) groups excluding carboxylic acids is 1. The molecule has 1 aromatic carbocycles. The van der Waals surface area contributed by atoms with Gasteiger partial charge in [-0.25, -0.2) is 4.79 Å². The Morgan fingerprint density at radius 1 is 1.27 bits per heavy atom. The number of nitrogens with one attached hydrogen (secondary N) is 2. The number of hydrogen-bond donors (Lipinski definition) is 2. The molecule has 118 valence electrons. The monoisotopic (exact) mass is 364 g/mol. The van der Waals surface area contributed by atoms with E-state index in [0.29, 0.717) is 0 Å². The molecule has 2 N–H and O–H groups in total. The van der Waals surface area contributed by atoms with E-state index in [4.69, 9.17) is 0 Å². The van der Waals surface area contributed by atoms with Gasteiger partial charge >= 0.3 is 6.03 Å². The van der Waals surface area contributed by atoms with Crippen LogP contribution in [0.3, 0.4) is 0 Å². The lowest BCUT2D eigenvalue weighted by molar-refractivity contribution is 0.0663. The van der Waals surface area contributed by atoms with Gasteiger partial charge in [0, 0.05) is 49.4 Å². The van der Waals surface area contributed by atoms with Gasteiger partial charge in [-0.15, -0.1) is 0 Å². The average Bonchev–Trinajstić information content (AvgIpc) is 3.04. The molecule has 2 fully saturated rings. The number of halogens is 1. The Balaban J connectivity index is 1.25. The van der Waals surface area contributed by atoms with E-state index in [9.17, 15) is 4.79 Å². The number of nitrogens with zero attached hydrogens (tertiary/aromatic N) is 2. The molecule has 22 heavy (non-hydrogen) atoms. The van der Waals surface area contributed by atoms with Crippen LogP contribution in [0.15, 0.2) is 22.7 Å². The van der Waals surface area contributed by atoms with Crippen LogP contribution in [0, 0.1) is 0 Å². The lowest BCUT2D eigenvalue weighted by Crippen LogP contribution is -2.68. The first-order valence-corrected chi connectivity index (χ1v) is 8.75. The molecular formula is C16H21BrN4O. The van der Waals surface area contributed by atoms with Crippen molar-refractivity contribution in [3.63, 3.8) is 0 Å². The highest BCUT2D eigenvalue weighted by atomic mass is 79.9. The van der Waals surface area contributed by atoms with Crippen molar-refractivity contribution in [3.8, 4) is 0 Å². The Bertz CT molecular complexity index is 600. The Hall–Kier alpha value is -1.27. The van der Waals surface area contributed by atoms with E-state index in [2.05, 4.69) is 54.6 Å². The molecule has 0 bridgehead atoms. The van der Waals surface area contributed by atoms with E-state index < -0.39 is 0 Å². The highest BCUT2D eigenvalue weighted by Gasteiger charge is 2.47. The summed E-state index contributed by atoms with van der Waals surface area (Å²) in [6.07, 6.45) is 2.31. The molecule has 1 spiro atoms. The molecule has 0 aromatic heterocycles. The maximum atomic E-state index is 11.2. The lowest BCUT2D eigenvalue weighted by atomic mass is 9.91. The zero-order chi connectivity index (χ0) is 15.2. The third kappa shape index (κ3) is 2.48. The second-order valence-electron chi connectivity index (χ2n) is 6.63. The van der Waals surface area contributed by atoms with Crippen molar-refractivity contribution in [1.29, 1.82) is 0 Å². The lowest BCUT2D eigenvalue weighted by Gasteiger charge is -2.47. The molecule has 1 aromatic rings. The maximum absolute atomic E-state index is 11.2. The van der Waals surface area contributed by atoms with Crippen LogP contribution in [0.4, 0.5) is 10.5 Å². The average molecular weight is 365 g/mol. The molecule has 0 saturated carbocycles. The summed E-state index contributed by atoms with van der Waals surface area (Å²) in [5.41, 5.74) is 2.86. The summed E-state index contributed by atoms with van der Waals surface area (Å²) < 4.78 is 1.24. The van der Waals surface area contributed by atoms with E-state index in [-0.39, 0.29) is 11.6 Å². The maximum Gasteiger partial charge on any atom is 0.315 e. The Labute approximate surface area is 139 Å². The molecule has 3 aliphatic heterocycles. The van der Waals surface area contributed by atoms with Crippen molar-refractivity contribution in [2.24, 2.45) is 0 Å². The first-order valence-electron chi connectivity index (χ1n) is 7.96.